The molecule has 1 saturated heterocycles. The third-order valence-corrected chi connectivity index (χ3v) is 6.44. The highest BCUT2D eigenvalue weighted by atomic mass is 32.2. The number of rotatable bonds is 7. The Hall–Kier alpha value is -2.69. The van der Waals surface area contributed by atoms with Crippen LogP contribution in [-0.4, -0.2) is 51.1 Å². The summed E-state index contributed by atoms with van der Waals surface area (Å²) in [6.07, 6.45) is 1.58. The number of nitrogens with one attached hydrogen (secondary N) is 1. The molecule has 3 rings (SSSR count). The van der Waals surface area contributed by atoms with Crippen molar-refractivity contribution in [1.82, 2.24) is 9.73 Å². The second-order valence-corrected chi connectivity index (χ2v) is 8.56. The van der Waals surface area contributed by atoms with E-state index in [2.05, 4.69) is 10.5 Å². The lowest BCUT2D eigenvalue weighted by Gasteiger charge is -2.26. The zero-order valence-electron chi connectivity index (χ0n) is 16.1. The maximum atomic E-state index is 13.5. The summed E-state index contributed by atoms with van der Waals surface area (Å²) in [5.41, 5.74) is 3.12. The molecule has 30 heavy (non-hydrogen) atoms. The molecule has 0 aliphatic carbocycles. The second-order valence-electron chi connectivity index (χ2n) is 6.62. The summed E-state index contributed by atoms with van der Waals surface area (Å²) >= 11 is 0. The first-order valence-electron chi connectivity index (χ1n) is 9.30. The van der Waals surface area contributed by atoms with Gasteiger partial charge in [0.25, 0.3) is 0 Å². The third kappa shape index (κ3) is 5.68. The first-order chi connectivity index (χ1) is 14.4. The van der Waals surface area contributed by atoms with Crippen LogP contribution in [0, 0.1) is 11.6 Å². The summed E-state index contributed by atoms with van der Waals surface area (Å²) in [6, 6.07) is 9.41. The van der Waals surface area contributed by atoms with Crippen molar-refractivity contribution in [3.8, 4) is 0 Å². The van der Waals surface area contributed by atoms with E-state index >= 15 is 0 Å². The Labute approximate surface area is 173 Å². The molecular formula is C20H21F2N3O4S. The molecule has 0 spiro atoms. The Morgan fingerprint density at radius 3 is 2.50 bits per heavy atom. The van der Waals surface area contributed by atoms with Gasteiger partial charge in [0.05, 0.1) is 24.3 Å². The van der Waals surface area contributed by atoms with Gasteiger partial charge in [-0.3, -0.25) is 4.79 Å². The zero-order valence-corrected chi connectivity index (χ0v) is 16.9. The molecule has 1 fully saturated rings. The van der Waals surface area contributed by atoms with Crippen LogP contribution in [-0.2, 0) is 26.0 Å². The molecule has 2 aromatic carbocycles. The molecule has 1 aliphatic heterocycles. The van der Waals surface area contributed by atoms with Crippen molar-refractivity contribution in [2.45, 2.75) is 17.7 Å². The van der Waals surface area contributed by atoms with Crippen LogP contribution in [0.2, 0.25) is 0 Å². The number of aryl methyl sites for hydroxylation is 1. The molecule has 0 saturated carbocycles. The number of carbonyl (C=O) groups is 1. The minimum absolute atomic E-state index is 0.0498. The van der Waals surface area contributed by atoms with Crippen molar-refractivity contribution in [1.29, 1.82) is 0 Å². The summed E-state index contributed by atoms with van der Waals surface area (Å²) in [5, 5.41) is 3.66. The highest BCUT2D eigenvalue weighted by Crippen LogP contribution is 2.18. The quantitative estimate of drug-likeness (QED) is 0.531. The molecule has 7 nitrogen and oxygen atoms in total. The van der Waals surface area contributed by atoms with E-state index < -0.39 is 27.6 Å². The number of ether oxygens (including phenoxy) is 1. The SMILES string of the molecule is O=C(CCc1ccc(S(=O)(=O)N2CCOCC2)cc1)N/N=C/c1ccc(F)cc1F. The summed E-state index contributed by atoms with van der Waals surface area (Å²) in [7, 11) is -3.55. The molecule has 1 amide bonds. The van der Waals surface area contributed by atoms with Gasteiger partial charge >= 0.3 is 0 Å². The van der Waals surface area contributed by atoms with Gasteiger partial charge in [-0.05, 0) is 36.2 Å². The monoisotopic (exact) mass is 437 g/mol. The average Bonchev–Trinajstić information content (AvgIpc) is 2.75. The number of carbonyl (C=O) groups excluding carboxylic acids is 1. The van der Waals surface area contributed by atoms with E-state index in [4.69, 9.17) is 4.74 Å². The minimum atomic E-state index is -3.55. The van der Waals surface area contributed by atoms with E-state index in [1.165, 1.54) is 22.5 Å². The Morgan fingerprint density at radius 2 is 1.83 bits per heavy atom. The van der Waals surface area contributed by atoms with Gasteiger partial charge in [0.2, 0.25) is 15.9 Å². The van der Waals surface area contributed by atoms with Crippen LogP contribution in [0.1, 0.15) is 17.5 Å². The molecule has 1 aliphatic rings. The van der Waals surface area contributed by atoms with Gasteiger partial charge in [0.15, 0.2) is 0 Å². The van der Waals surface area contributed by atoms with Gasteiger partial charge in [-0.15, -0.1) is 0 Å². The smallest absolute Gasteiger partial charge is 0.243 e. The lowest BCUT2D eigenvalue weighted by Crippen LogP contribution is -2.40. The van der Waals surface area contributed by atoms with Crippen molar-refractivity contribution in [3.63, 3.8) is 0 Å². The van der Waals surface area contributed by atoms with Crippen LogP contribution in [0.25, 0.3) is 0 Å². The standard InChI is InChI=1S/C20H21F2N3O4S/c21-17-5-4-16(19(22)13-17)14-23-24-20(26)8-3-15-1-6-18(7-2-15)30(27,28)25-9-11-29-12-10-25/h1-2,4-7,13-14H,3,8-12H2,(H,24,26)/b23-14+. The van der Waals surface area contributed by atoms with Crippen LogP contribution in [0.5, 0.6) is 0 Å². The Bertz CT molecular complexity index is 1020. The predicted molar refractivity (Wildman–Crippen MR) is 106 cm³/mol. The van der Waals surface area contributed by atoms with Crippen LogP contribution >= 0.6 is 0 Å². The van der Waals surface area contributed by atoms with Crippen LogP contribution in [0.4, 0.5) is 8.78 Å². The van der Waals surface area contributed by atoms with Crippen molar-refractivity contribution in [2.75, 3.05) is 26.3 Å². The molecule has 0 radical (unpaired) electrons. The van der Waals surface area contributed by atoms with E-state index in [1.807, 2.05) is 0 Å². The lowest BCUT2D eigenvalue weighted by molar-refractivity contribution is -0.121. The zero-order chi connectivity index (χ0) is 21.6. The van der Waals surface area contributed by atoms with Gasteiger partial charge in [0.1, 0.15) is 11.6 Å². The molecule has 0 unspecified atom stereocenters. The van der Waals surface area contributed by atoms with Crippen molar-refractivity contribution >= 4 is 22.1 Å². The maximum Gasteiger partial charge on any atom is 0.243 e. The summed E-state index contributed by atoms with van der Waals surface area (Å²) in [6.45, 7) is 1.41. The first kappa shape index (κ1) is 22.0. The highest BCUT2D eigenvalue weighted by molar-refractivity contribution is 7.89. The maximum absolute atomic E-state index is 13.5. The van der Waals surface area contributed by atoms with Gasteiger partial charge in [-0.2, -0.15) is 9.41 Å². The van der Waals surface area contributed by atoms with Gasteiger partial charge < -0.3 is 4.74 Å². The number of sulfonamides is 1. The molecular weight excluding hydrogens is 416 g/mol. The molecule has 0 aromatic heterocycles. The molecule has 160 valence electrons. The van der Waals surface area contributed by atoms with Crippen molar-refractivity contribution in [3.05, 3.63) is 65.2 Å². The third-order valence-electron chi connectivity index (χ3n) is 4.53. The molecule has 0 atom stereocenters. The number of hydrogen-bond donors (Lipinski definition) is 1. The van der Waals surface area contributed by atoms with E-state index in [9.17, 15) is 22.0 Å². The number of nitrogens with zero attached hydrogens (tertiary/aromatic N) is 2. The fraction of sp³-hybridized carbons (Fsp3) is 0.300. The lowest BCUT2D eigenvalue weighted by atomic mass is 10.1. The molecule has 10 heteroatoms. The Kier molecular flexibility index (Phi) is 7.24. The largest absolute Gasteiger partial charge is 0.379 e. The van der Waals surface area contributed by atoms with Gasteiger partial charge in [-0.1, -0.05) is 12.1 Å². The minimum Gasteiger partial charge on any atom is -0.379 e. The van der Waals surface area contributed by atoms with E-state index in [1.54, 1.807) is 12.1 Å². The molecule has 1 N–H and O–H groups in total. The fourth-order valence-electron chi connectivity index (χ4n) is 2.86. The van der Waals surface area contributed by atoms with E-state index in [0.717, 1.165) is 23.9 Å². The number of hydrazone groups is 1. The Morgan fingerprint density at radius 1 is 1.13 bits per heavy atom. The molecule has 2 aromatic rings. The average molecular weight is 437 g/mol. The van der Waals surface area contributed by atoms with Crippen molar-refractivity contribution < 1.29 is 26.7 Å². The fourth-order valence-corrected chi connectivity index (χ4v) is 4.27. The number of halogens is 2. The Balaban J connectivity index is 1.50. The molecule has 0 bridgehead atoms. The van der Waals surface area contributed by atoms with E-state index in [-0.39, 0.29) is 16.9 Å². The highest BCUT2D eigenvalue weighted by Gasteiger charge is 2.26. The summed E-state index contributed by atoms with van der Waals surface area (Å²) in [5.74, 6) is -1.86. The van der Waals surface area contributed by atoms with Crippen LogP contribution < -0.4 is 5.43 Å². The number of morpholine rings is 1. The second kappa shape index (κ2) is 9.88. The molecule has 1 heterocycles. The topological polar surface area (TPSA) is 88.1 Å². The van der Waals surface area contributed by atoms with Crippen LogP contribution in [0.15, 0.2) is 52.5 Å². The van der Waals surface area contributed by atoms with Gasteiger partial charge in [0, 0.05) is 31.1 Å². The van der Waals surface area contributed by atoms with Gasteiger partial charge in [-0.25, -0.2) is 22.6 Å². The van der Waals surface area contributed by atoms with Crippen molar-refractivity contribution in [2.24, 2.45) is 5.10 Å². The number of amides is 1. The number of benzene rings is 2. The number of hydrogen-bond acceptors (Lipinski definition) is 5. The normalized spacial score (nSPS) is 15.4. The summed E-state index contributed by atoms with van der Waals surface area (Å²) < 4.78 is 58.1. The van der Waals surface area contributed by atoms with Crippen LogP contribution in [0.3, 0.4) is 0 Å². The first-order valence-corrected chi connectivity index (χ1v) is 10.7. The summed E-state index contributed by atoms with van der Waals surface area (Å²) in [4.78, 5) is 12.1. The predicted octanol–water partition coefficient (Wildman–Crippen LogP) is 2.07. The van der Waals surface area contributed by atoms with E-state index in [0.29, 0.717) is 32.7 Å².